The molecule has 0 spiro atoms. The Morgan fingerprint density at radius 1 is 1.26 bits per heavy atom. The van der Waals surface area contributed by atoms with Crippen molar-refractivity contribution in [3.05, 3.63) is 54.1 Å². The fraction of sp³-hybridized carbons (Fsp3) is 0.278. The summed E-state index contributed by atoms with van der Waals surface area (Å²) in [5.74, 6) is 0.766. The lowest BCUT2D eigenvalue weighted by Crippen LogP contribution is -2.48. The van der Waals surface area contributed by atoms with Crippen molar-refractivity contribution in [1.29, 1.82) is 0 Å². The van der Waals surface area contributed by atoms with Gasteiger partial charge < -0.3 is 15.2 Å². The summed E-state index contributed by atoms with van der Waals surface area (Å²) in [5.41, 5.74) is 2.14. The topological polar surface area (TPSA) is 61.8 Å². The molecule has 2 unspecified atom stereocenters. The number of rotatable bonds is 3. The first-order valence-electron chi connectivity index (χ1n) is 7.68. The maximum Gasteiger partial charge on any atom is 0.324 e. The van der Waals surface area contributed by atoms with Crippen molar-refractivity contribution in [2.24, 2.45) is 0 Å². The van der Waals surface area contributed by atoms with E-state index in [1.54, 1.807) is 36.1 Å². The Hall–Kier alpha value is -2.69. The van der Waals surface area contributed by atoms with E-state index in [0.29, 0.717) is 5.75 Å². The summed E-state index contributed by atoms with van der Waals surface area (Å²) >= 11 is 0. The Labute approximate surface area is 135 Å². The number of anilines is 1. The van der Waals surface area contributed by atoms with Crippen LogP contribution < -0.4 is 15.0 Å². The fourth-order valence-corrected chi connectivity index (χ4v) is 2.88. The summed E-state index contributed by atoms with van der Waals surface area (Å²) in [4.78, 5) is 14.3. The molecule has 1 aliphatic rings. The van der Waals surface area contributed by atoms with Gasteiger partial charge in [-0.2, -0.15) is 0 Å². The number of urea groups is 1. The number of nitrogens with one attached hydrogen (secondary N) is 1. The van der Waals surface area contributed by atoms with Crippen molar-refractivity contribution in [2.45, 2.75) is 32.5 Å². The minimum absolute atomic E-state index is 0.119. The summed E-state index contributed by atoms with van der Waals surface area (Å²) < 4.78 is 5.65. The minimum Gasteiger partial charge on any atom is -0.508 e. The monoisotopic (exact) mass is 312 g/mol. The number of amides is 2. The van der Waals surface area contributed by atoms with Gasteiger partial charge in [0, 0.05) is 11.7 Å². The van der Waals surface area contributed by atoms with Crippen LogP contribution in [0.3, 0.4) is 0 Å². The smallest absolute Gasteiger partial charge is 0.324 e. The van der Waals surface area contributed by atoms with Crippen molar-refractivity contribution >= 4 is 11.7 Å². The van der Waals surface area contributed by atoms with Crippen LogP contribution in [-0.4, -0.2) is 23.4 Å². The highest BCUT2D eigenvalue weighted by molar-refractivity contribution is 5.95. The zero-order valence-electron chi connectivity index (χ0n) is 13.2. The molecule has 5 nitrogen and oxygen atoms in total. The molecular weight excluding hydrogens is 292 g/mol. The van der Waals surface area contributed by atoms with Gasteiger partial charge in [0.2, 0.25) is 0 Å². The molecule has 0 aliphatic carbocycles. The number of carbonyl (C=O) groups is 1. The number of phenolic OH excluding ortho intramolecular Hbond substituents is 1. The molecule has 120 valence electrons. The summed E-state index contributed by atoms with van der Waals surface area (Å²) in [6.07, 6.45) is 0.378. The van der Waals surface area contributed by atoms with E-state index in [1.165, 1.54) is 5.56 Å². The van der Waals surface area contributed by atoms with Gasteiger partial charge in [-0.25, -0.2) is 4.79 Å². The van der Waals surface area contributed by atoms with Crippen LogP contribution in [0.2, 0.25) is 0 Å². The zero-order valence-corrected chi connectivity index (χ0v) is 13.2. The third kappa shape index (κ3) is 3.23. The van der Waals surface area contributed by atoms with Crippen LogP contribution >= 0.6 is 0 Å². The van der Waals surface area contributed by atoms with Gasteiger partial charge in [0.05, 0.1) is 0 Å². The van der Waals surface area contributed by atoms with E-state index in [-0.39, 0.29) is 17.8 Å². The highest BCUT2D eigenvalue weighted by atomic mass is 16.5. The van der Waals surface area contributed by atoms with Crippen LogP contribution in [0.4, 0.5) is 10.5 Å². The van der Waals surface area contributed by atoms with Crippen molar-refractivity contribution in [3.8, 4) is 11.5 Å². The lowest BCUT2D eigenvalue weighted by Gasteiger charge is -2.25. The number of benzene rings is 2. The Bertz CT molecular complexity index is 700. The first kappa shape index (κ1) is 15.2. The number of para-hydroxylation sites is 1. The predicted molar refractivity (Wildman–Crippen MR) is 88.8 cm³/mol. The molecule has 2 N–H and O–H groups in total. The number of carbonyl (C=O) groups excluding carboxylic acids is 1. The third-order valence-electron chi connectivity index (χ3n) is 3.90. The molecule has 2 amide bonds. The summed E-state index contributed by atoms with van der Waals surface area (Å²) in [7, 11) is 0. The second-order valence-corrected chi connectivity index (χ2v) is 5.76. The van der Waals surface area contributed by atoms with Gasteiger partial charge in [0.25, 0.3) is 0 Å². The fourth-order valence-electron chi connectivity index (χ4n) is 2.88. The average Bonchev–Trinajstić information content (AvgIpc) is 2.85. The van der Waals surface area contributed by atoms with E-state index in [0.717, 1.165) is 12.1 Å². The number of ether oxygens (including phenoxy) is 1. The van der Waals surface area contributed by atoms with Crippen molar-refractivity contribution in [3.63, 3.8) is 0 Å². The van der Waals surface area contributed by atoms with E-state index in [4.69, 9.17) is 4.74 Å². The average molecular weight is 312 g/mol. The van der Waals surface area contributed by atoms with Crippen molar-refractivity contribution < 1.29 is 14.6 Å². The van der Waals surface area contributed by atoms with E-state index in [1.807, 2.05) is 25.1 Å². The van der Waals surface area contributed by atoms with Crippen LogP contribution in [-0.2, 0) is 6.42 Å². The molecular formula is C18H20N2O3. The van der Waals surface area contributed by atoms with Crippen LogP contribution in [0.1, 0.15) is 19.4 Å². The maximum atomic E-state index is 12.6. The molecule has 0 radical (unpaired) electrons. The Kier molecular flexibility index (Phi) is 4.10. The largest absolute Gasteiger partial charge is 0.508 e. The Balaban J connectivity index is 1.66. The van der Waals surface area contributed by atoms with Gasteiger partial charge in [-0.3, -0.25) is 4.90 Å². The SMILES string of the molecule is CC(NC(=O)N1c2ccccc2CC1C)Oc1ccc(O)cc1. The zero-order chi connectivity index (χ0) is 16.4. The molecule has 2 aromatic carbocycles. The standard InChI is InChI=1S/C18H20N2O3/c1-12-11-14-5-3-4-6-17(14)20(12)18(22)19-13(2)23-16-9-7-15(21)8-10-16/h3-10,12-13,21H,11H2,1-2H3,(H,19,22). The van der Waals surface area contributed by atoms with Gasteiger partial charge in [0.15, 0.2) is 6.23 Å². The molecule has 2 atom stereocenters. The normalized spacial score (nSPS) is 17.5. The number of hydrogen-bond donors (Lipinski definition) is 2. The number of fused-ring (bicyclic) bond motifs is 1. The minimum atomic E-state index is -0.480. The quantitative estimate of drug-likeness (QED) is 0.855. The number of nitrogens with zero attached hydrogens (tertiary/aromatic N) is 1. The molecule has 23 heavy (non-hydrogen) atoms. The molecule has 0 bridgehead atoms. The first-order valence-corrected chi connectivity index (χ1v) is 7.68. The lowest BCUT2D eigenvalue weighted by atomic mass is 10.1. The highest BCUT2D eigenvalue weighted by Gasteiger charge is 2.31. The second-order valence-electron chi connectivity index (χ2n) is 5.76. The summed E-state index contributed by atoms with van der Waals surface area (Å²) in [6.45, 7) is 3.81. The van der Waals surface area contributed by atoms with Gasteiger partial charge in [0.1, 0.15) is 11.5 Å². The number of hydrogen-bond acceptors (Lipinski definition) is 3. The van der Waals surface area contributed by atoms with Crippen LogP contribution in [0, 0.1) is 0 Å². The second kappa shape index (κ2) is 6.20. The van der Waals surface area contributed by atoms with E-state index in [9.17, 15) is 9.90 Å². The van der Waals surface area contributed by atoms with Gasteiger partial charge in [-0.05, 0) is 56.2 Å². The molecule has 0 saturated carbocycles. The van der Waals surface area contributed by atoms with Gasteiger partial charge in [-0.15, -0.1) is 0 Å². The molecule has 0 saturated heterocycles. The van der Waals surface area contributed by atoms with Gasteiger partial charge in [-0.1, -0.05) is 18.2 Å². The maximum absolute atomic E-state index is 12.6. The van der Waals surface area contributed by atoms with Crippen LogP contribution in [0.25, 0.3) is 0 Å². The van der Waals surface area contributed by atoms with Gasteiger partial charge >= 0.3 is 6.03 Å². The Morgan fingerprint density at radius 2 is 1.96 bits per heavy atom. The van der Waals surface area contributed by atoms with Crippen LogP contribution in [0.5, 0.6) is 11.5 Å². The number of aromatic hydroxyl groups is 1. The van der Waals surface area contributed by atoms with Crippen molar-refractivity contribution in [1.82, 2.24) is 5.32 Å². The van der Waals surface area contributed by atoms with E-state index >= 15 is 0 Å². The first-order chi connectivity index (χ1) is 11.0. The van der Waals surface area contributed by atoms with Crippen molar-refractivity contribution in [2.75, 3.05) is 4.90 Å². The molecule has 1 aliphatic heterocycles. The van der Waals surface area contributed by atoms with E-state index < -0.39 is 6.23 Å². The third-order valence-corrected chi connectivity index (χ3v) is 3.90. The summed E-state index contributed by atoms with van der Waals surface area (Å²) in [6, 6.07) is 14.3. The Morgan fingerprint density at radius 3 is 2.70 bits per heavy atom. The summed E-state index contributed by atoms with van der Waals surface area (Å²) in [5, 5.41) is 12.1. The highest BCUT2D eigenvalue weighted by Crippen LogP contribution is 2.31. The van der Waals surface area contributed by atoms with E-state index in [2.05, 4.69) is 11.4 Å². The molecule has 1 heterocycles. The molecule has 3 rings (SSSR count). The van der Waals surface area contributed by atoms with Crippen LogP contribution in [0.15, 0.2) is 48.5 Å². The molecule has 2 aromatic rings. The molecule has 0 aromatic heterocycles. The lowest BCUT2D eigenvalue weighted by molar-refractivity contribution is 0.179. The predicted octanol–water partition coefficient (Wildman–Crippen LogP) is 3.28. The number of phenols is 1. The molecule has 5 heteroatoms. The molecule has 0 fully saturated rings.